The molecule has 8 aromatic carbocycles. The molecule has 4 aliphatic rings. The number of aliphatic hydroxyl groups is 14. The highest BCUT2D eigenvalue weighted by atomic mass is 16.7. The number of carboxylic acid groups (broad SMARTS) is 2. The lowest BCUT2D eigenvalue weighted by molar-refractivity contribution is -0.278. The van der Waals surface area contributed by atoms with Gasteiger partial charge in [0.2, 0.25) is 36.0 Å². The van der Waals surface area contributed by atoms with Gasteiger partial charge in [-0.3, -0.25) is 38.4 Å². The first-order valence-electron chi connectivity index (χ1n) is 40.1. The van der Waals surface area contributed by atoms with E-state index in [1.807, 2.05) is 0 Å². The number of ether oxygens (including phenoxy) is 10. The fourth-order valence-electron chi connectivity index (χ4n) is 14.1. The van der Waals surface area contributed by atoms with E-state index in [1.165, 1.54) is 140 Å². The third-order valence-electron chi connectivity index (χ3n) is 21.3. The topological polar surface area (TPSA) is 726 Å². The zero-order valence-electron chi connectivity index (χ0n) is 68.9. The molecule has 0 radical (unpaired) electrons. The Morgan fingerprint density at radius 3 is 0.828 bits per heavy atom. The molecular weight excluding hydrogens is 1780 g/mol. The van der Waals surface area contributed by atoms with Crippen LogP contribution < -0.4 is 40.7 Å². The number of rotatable bonds is 22. The van der Waals surface area contributed by atoms with Crippen LogP contribution in [0.1, 0.15) is 12.8 Å². The molecule has 0 amide bonds. The van der Waals surface area contributed by atoms with Crippen LogP contribution in [0.4, 0.5) is 0 Å². The van der Waals surface area contributed by atoms with Crippen molar-refractivity contribution >= 4 is 67.8 Å². The van der Waals surface area contributed by atoms with Gasteiger partial charge in [0, 0.05) is 36.4 Å². The SMILES string of the molecule is O=C(O)CC(=O)OCC1OC(Oc2cc(O)c3c(=O)c(-c4ccc(O)cc4)coc3c2)C(O)C(O)C1O.O=C(O)CC(=O)OCC1OC(Oc2ccc3c(=O)c(-c4ccc(O)cc4)coc3c2)C(O)C(O)C1O.O=c1c(-c2ccc(O)cc2)coc2cc(OC3OC(CO)C(O)C(O)C3O)cc(O)c12.O=c1c(-c2ccc(O)cc2)coc2cc(OC3OC(CO)C(O)C(O)C3O)ccc12. The molecule has 4 fully saturated rings. The molecule has 134 heavy (non-hydrogen) atoms. The Morgan fingerprint density at radius 1 is 0.291 bits per heavy atom. The van der Waals surface area contributed by atoms with Crippen LogP contribution in [-0.2, 0) is 47.6 Å². The van der Waals surface area contributed by atoms with Crippen LogP contribution in [0.3, 0.4) is 0 Å². The fraction of sp³-hybridized carbons (Fsp3) is 0.289. The second kappa shape index (κ2) is 42.1. The number of aliphatic carboxylic acids is 2. The molecule has 0 saturated carbocycles. The monoisotopic (exact) mass is 1870 g/mol. The summed E-state index contributed by atoms with van der Waals surface area (Å²) in [6, 6.07) is 37.1. The van der Waals surface area contributed by atoms with Gasteiger partial charge < -0.3 is 177 Å². The van der Waals surface area contributed by atoms with Crippen LogP contribution in [0.5, 0.6) is 57.5 Å². The molecule has 708 valence electrons. The van der Waals surface area contributed by atoms with Crippen LogP contribution in [0.2, 0.25) is 0 Å². The first-order valence-corrected chi connectivity index (χ1v) is 40.1. The first-order chi connectivity index (χ1) is 63.9. The van der Waals surface area contributed by atoms with Crippen LogP contribution in [0.25, 0.3) is 88.4 Å². The zero-order valence-corrected chi connectivity index (χ0v) is 68.9. The number of carbonyl (C=O) groups excluding carboxylic acids is 2. The normalized spacial score (nSPS) is 24.9. The van der Waals surface area contributed by atoms with Gasteiger partial charge in [0.1, 0.15) is 239 Å². The summed E-state index contributed by atoms with van der Waals surface area (Å²) >= 11 is 0. The average Bonchev–Trinajstić information content (AvgIpc) is 0.610. The van der Waals surface area contributed by atoms with Gasteiger partial charge in [0.15, 0.2) is 10.9 Å². The van der Waals surface area contributed by atoms with Crippen LogP contribution in [-0.4, -0.2) is 285 Å². The number of benzene rings is 8. The van der Waals surface area contributed by atoms with Gasteiger partial charge in [-0.25, -0.2) is 0 Å². The minimum Gasteiger partial charge on any atom is -0.508 e. The smallest absolute Gasteiger partial charge is 0.317 e. The highest BCUT2D eigenvalue weighted by Gasteiger charge is 2.49. The summed E-state index contributed by atoms with van der Waals surface area (Å²) in [4.78, 5) is 95.7. The van der Waals surface area contributed by atoms with Crippen molar-refractivity contribution < 1.29 is 197 Å². The Balaban J connectivity index is 0.000000152. The molecular formula is C90H84O44. The Bertz CT molecular complexity index is 6450. The van der Waals surface area contributed by atoms with Crippen molar-refractivity contribution in [2.75, 3.05) is 26.4 Å². The third-order valence-corrected chi connectivity index (χ3v) is 21.3. The van der Waals surface area contributed by atoms with Gasteiger partial charge in [0.25, 0.3) is 0 Å². The van der Waals surface area contributed by atoms with Crippen molar-refractivity contribution in [3.8, 4) is 102 Å². The van der Waals surface area contributed by atoms with Crippen LogP contribution >= 0.6 is 0 Å². The quantitative estimate of drug-likeness (QED) is 0.0330. The molecule has 4 aromatic heterocycles. The number of phenolic OH excluding ortho intramolecular Hbond substituents is 6. The van der Waals surface area contributed by atoms with Gasteiger partial charge in [-0.1, -0.05) is 48.5 Å². The van der Waals surface area contributed by atoms with Crippen molar-refractivity contribution in [1.82, 2.24) is 0 Å². The van der Waals surface area contributed by atoms with E-state index in [4.69, 9.17) is 75.3 Å². The lowest BCUT2D eigenvalue weighted by Crippen LogP contribution is -2.60. The predicted octanol–water partition coefficient (Wildman–Crippen LogP) is 0.840. The largest absolute Gasteiger partial charge is 0.508 e. The molecule has 44 heteroatoms. The molecule has 22 N–H and O–H groups in total. The Hall–Kier alpha value is -14.2. The van der Waals surface area contributed by atoms with Gasteiger partial charge in [-0.2, -0.15) is 0 Å². The summed E-state index contributed by atoms with van der Waals surface area (Å²) < 4.78 is 75.2. The number of carboxylic acids is 2. The lowest BCUT2D eigenvalue weighted by Gasteiger charge is -2.39. The highest BCUT2D eigenvalue weighted by molar-refractivity contribution is 5.92. The number of hydrogen-bond acceptors (Lipinski definition) is 42. The maximum absolute atomic E-state index is 13.0. The maximum atomic E-state index is 13.0. The Morgan fingerprint density at radius 2 is 0.545 bits per heavy atom. The number of fused-ring (bicyclic) bond motifs is 4. The van der Waals surface area contributed by atoms with Crippen molar-refractivity contribution in [2.45, 2.75) is 136 Å². The summed E-state index contributed by atoms with van der Waals surface area (Å²) in [6.45, 7) is -2.43. The van der Waals surface area contributed by atoms with Crippen molar-refractivity contribution in [3.63, 3.8) is 0 Å². The standard InChI is InChI=1S/C24H22O13.C24H22O12.C21H20O10.C21H20O9/c25-11-3-1-10(2-4-11)13-8-34-15-6-12(5-14(26)19(15)20(13)30)36-24-23(33)22(32)21(31)16(37-24)9-35-18(29)7-17(27)28;25-12-3-1-11(2-4-12)15-9-33-16-7-13(5-6-14(16)20(15)29)35-24-23(32)22(31)21(30)17(36-24)10-34-19(28)8-18(26)27;22-7-15-18(26)19(27)20(28)21(31-15)30-11-5-13(24)16-14(6-11)29-8-12(17(16)25)9-1-3-10(23)4-2-9;22-8-16-18(25)19(26)20(27)21(30-16)29-12-5-6-13-15(7-12)28-9-14(17(13)24)10-1-3-11(23)4-2-10/h1-6,8,16,21-26,31-33H,7,9H2,(H,27,28);1-7,9,17,21-25,30-32H,8,10H2,(H,26,27);1-6,8,15,18-24,26-28H,7H2;1-7,9,16,18-23,25-27H,8H2. The first kappa shape index (κ1) is 97.3. The molecule has 20 atom stereocenters. The lowest BCUT2D eigenvalue weighted by atomic mass is 9.99. The molecule has 44 nitrogen and oxygen atoms in total. The van der Waals surface area contributed by atoms with Gasteiger partial charge in [-0.05, 0) is 95.1 Å². The predicted molar refractivity (Wildman–Crippen MR) is 452 cm³/mol. The molecule has 0 aliphatic carbocycles. The van der Waals surface area contributed by atoms with E-state index in [0.717, 1.165) is 18.4 Å². The van der Waals surface area contributed by atoms with E-state index in [1.54, 1.807) is 24.3 Å². The molecule has 0 bridgehead atoms. The number of carbonyl (C=O) groups is 4. The van der Waals surface area contributed by atoms with Crippen molar-refractivity contribution in [2.24, 2.45) is 0 Å². The zero-order chi connectivity index (χ0) is 96.5. The summed E-state index contributed by atoms with van der Waals surface area (Å²) in [7, 11) is 0. The number of phenols is 6. The maximum Gasteiger partial charge on any atom is 0.317 e. The second-order valence-electron chi connectivity index (χ2n) is 30.5. The minimum atomic E-state index is -1.79. The van der Waals surface area contributed by atoms with E-state index < -0.39 is 208 Å². The van der Waals surface area contributed by atoms with E-state index in [2.05, 4.69) is 0 Å². The van der Waals surface area contributed by atoms with Gasteiger partial charge in [-0.15, -0.1) is 0 Å². The molecule has 16 rings (SSSR count). The molecule has 0 spiro atoms. The highest BCUT2D eigenvalue weighted by Crippen LogP contribution is 2.38. The van der Waals surface area contributed by atoms with E-state index in [0.29, 0.717) is 33.2 Å². The molecule has 4 aliphatic heterocycles. The summed E-state index contributed by atoms with van der Waals surface area (Å²) in [6.07, 6.45) is -27.6. The Labute approximate surface area is 749 Å². The third kappa shape index (κ3) is 22.1. The van der Waals surface area contributed by atoms with Gasteiger partial charge >= 0.3 is 23.9 Å². The number of aliphatic hydroxyl groups excluding tert-OH is 14. The van der Waals surface area contributed by atoms with Gasteiger partial charge in [0.05, 0.1) is 46.2 Å². The van der Waals surface area contributed by atoms with Crippen molar-refractivity contribution in [1.29, 1.82) is 0 Å². The molecule has 20 unspecified atom stereocenters. The van der Waals surface area contributed by atoms with Crippen LogP contribution in [0, 0.1) is 0 Å². The number of hydrogen-bond donors (Lipinski definition) is 22. The van der Waals surface area contributed by atoms with E-state index >= 15 is 0 Å². The van der Waals surface area contributed by atoms with Crippen LogP contribution in [0.15, 0.2) is 220 Å². The van der Waals surface area contributed by atoms with Crippen molar-refractivity contribution in [3.05, 3.63) is 224 Å². The number of aromatic hydroxyl groups is 6. The average molecular weight is 1870 g/mol. The second-order valence-corrected chi connectivity index (χ2v) is 30.5. The fourth-order valence-corrected chi connectivity index (χ4v) is 14.1. The minimum absolute atomic E-state index is 0.00369. The summed E-state index contributed by atoms with van der Waals surface area (Å²) in [5.74, 6) is -5.72. The molecule has 12 aromatic rings. The summed E-state index contributed by atoms with van der Waals surface area (Å²) in [5.41, 5.74) is 1.57. The molecule has 8 heterocycles. The molecule has 4 saturated heterocycles. The number of esters is 2. The van der Waals surface area contributed by atoms with E-state index in [-0.39, 0.29) is 112 Å². The summed E-state index contributed by atoms with van der Waals surface area (Å²) in [5, 5.41) is 215. The van der Waals surface area contributed by atoms with E-state index in [9.17, 15) is 140 Å². The Kier molecular flexibility index (Phi) is 30.6.